The molecule has 0 saturated carbocycles. The average molecular weight is 351 g/mol. The third-order valence-electron chi connectivity index (χ3n) is 3.65. The van der Waals surface area contributed by atoms with Crippen molar-refractivity contribution in [3.63, 3.8) is 0 Å². The molecule has 0 bridgehead atoms. The van der Waals surface area contributed by atoms with Gasteiger partial charge in [-0.25, -0.2) is 4.68 Å². The third-order valence-corrected chi connectivity index (χ3v) is 4.99. The molecule has 1 aromatic carbocycles. The van der Waals surface area contributed by atoms with Crippen molar-refractivity contribution in [1.29, 1.82) is 0 Å². The first-order chi connectivity index (χ1) is 11.2. The van der Waals surface area contributed by atoms with E-state index in [-0.39, 0.29) is 6.61 Å². The molecule has 124 valence electrons. The summed E-state index contributed by atoms with van der Waals surface area (Å²) in [5.74, 6) is 3.72. The Hall–Kier alpha value is -1.31. The van der Waals surface area contributed by atoms with E-state index in [1.54, 1.807) is 4.68 Å². The van der Waals surface area contributed by atoms with E-state index < -0.39 is 0 Å². The SMILES string of the molecule is Cc1cccc(OCc2nn(CN3CCCSCC3)c(=S)o2)c1. The number of thioether (sulfide) groups is 1. The van der Waals surface area contributed by atoms with Crippen LogP contribution in [0.25, 0.3) is 0 Å². The Morgan fingerprint density at radius 1 is 1.35 bits per heavy atom. The Morgan fingerprint density at radius 3 is 3.13 bits per heavy atom. The number of aromatic nitrogens is 2. The second-order valence-electron chi connectivity index (χ2n) is 5.59. The highest BCUT2D eigenvalue weighted by Gasteiger charge is 2.13. The van der Waals surface area contributed by atoms with Crippen molar-refractivity contribution >= 4 is 24.0 Å². The lowest BCUT2D eigenvalue weighted by molar-refractivity contribution is 0.218. The van der Waals surface area contributed by atoms with Crippen LogP contribution in [0.15, 0.2) is 28.7 Å². The van der Waals surface area contributed by atoms with Crippen molar-refractivity contribution in [2.75, 3.05) is 24.6 Å². The van der Waals surface area contributed by atoms with E-state index in [0.29, 0.717) is 17.4 Å². The van der Waals surface area contributed by atoms with Gasteiger partial charge in [-0.05, 0) is 49.0 Å². The molecule has 0 aliphatic carbocycles. The van der Waals surface area contributed by atoms with Crippen LogP contribution in [0, 0.1) is 11.8 Å². The molecular formula is C16H21N3O2S2. The van der Waals surface area contributed by atoms with Crippen LogP contribution in [-0.4, -0.2) is 39.3 Å². The lowest BCUT2D eigenvalue weighted by Crippen LogP contribution is -2.29. The molecule has 2 aromatic rings. The Morgan fingerprint density at radius 2 is 2.26 bits per heavy atom. The second-order valence-corrected chi connectivity index (χ2v) is 7.17. The molecule has 0 spiro atoms. The molecule has 5 nitrogen and oxygen atoms in total. The Balaban J connectivity index is 1.60. The molecule has 0 radical (unpaired) electrons. The van der Waals surface area contributed by atoms with Gasteiger partial charge in [-0.1, -0.05) is 12.1 Å². The highest BCUT2D eigenvalue weighted by Crippen LogP contribution is 2.15. The molecular weight excluding hydrogens is 330 g/mol. The zero-order valence-electron chi connectivity index (χ0n) is 13.2. The van der Waals surface area contributed by atoms with Gasteiger partial charge in [0, 0.05) is 18.8 Å². The summed E-state index contributed by atoms with van der Waals surface area (Å²) in [5.41, 5.74) is 1.16. The first-order valence-electron chi connectivity index (χ1n) is 7.77. The maximum absolute atomic E-state index is 5.72. The molecule has 2 heterocycles. The Labute approximate surface area is 145 Å². The van der Waals surface area contributed by atoms with Gasteiger partial charge >= 0.3 is 0 Å². The number of hydrogen-bond acceptors (Lipinski definition) is 6. The molecule has 7 heteroatoms. The lowest BCUT2D eigenvalue weighted by Gasteiger charge is -2.18. The molecule has 3 rings (SSSR count). The number of rotatable bonds is 5. The largest absolute Gasteiger partial charge is 0.484 e. The highest BCUT2D eigenvalue weighted by atomic mass is 32.2. The van der Waals surface area contributed by atoms with Crippen LogP contribution < -0.4 is 4.74 Å². The number of aryl methyl sites for hydroxylation is 1. The number of ether oxygens (including phenoxy) is 1. The van der Waals surface area contributed by atoms with Crippen molar-refractivity contribution in [1.82, 2.24) is 14.7 Å². The second kappa shape index (κ2) is 7.99. The molecule has 1 saturated heterocycles. The number of benzene rings is 1. The minimum absolute atomic E-state index is 0.288. The average Bonchev–Trinajstić information content (AvgIpc) is 2.73. The summed E-state index contributed by atoms with van der Waals surface area (Å²) in [7, 11) is 0. The molecule has 23 heavy (non-hydrogen) atoms. The van der Waals surface area contributed by atoms with E-state index >= 15 is 0 Å². The summed E-state index contributed by atoms with van der Waals surface area (Å²) in [5, 5.41) is 4.44. The fourth-order valence-electron chi connectivity index (χ4n) is 2.48. The summed E-state index contributed by atoms with van der Waals surface area (Å²) in [6.45, 7) is 5.15. The van der Waals surface area contributed by atoms with Crippen LogP contribution in [0.3, 0.4) is 0 Å². The lowest BCUT2D eigenvalue weighted by atomic mass is 10.2. The van der Waals surface area contributed by atoms with Crippen LogP contribution in [0.2, 0.25) is 0 Å². The zero-order chi connectivity index (χ0) is 16.1. The van der Waals surface area contributed by atoms with E-state index in [4.69, 9.17) is 21.4 Å². The first-order valence-corrected chi connectivity index (χ1v) is 9.33. The first kappa shape index (κ1) is 16.5. The quantitative estimate of drug-likeness (QED) is 0.768. The Kier molecular flexibility index (Phi) is 5.75. The van der Waals surface area contributed by atoms with Gasteiger partial charge in [-0.15, -0.1) is 5.10 Å². The van der Waals surface area contributed by atoms with Crippen molar-refractivity contribution in [2.45, 2.75) is 26.6 Å². The van der Waals surface area contributed by atoms with Crippen LogP contribution in [0.1, 0.15) is 17.9 Å². The van der Waals surface area contributed by atoms with Gasteiger partial charge in [0.1, 0.15) is 5.75 Å². The van der Waals surface area contributed by atoms with Crippen LogP contribution >= 0.6 is 24.0 Å². The Bertz CT molecular complexity index is 691. The molecule has 1 aromatic heterocycles. The molecule has 0 N–H and O–H groups in total. The molecule has 1 aliphatic rings. The van der Waals surface area contributed by atoms with Crippen molar-refractivity contribution in [3.05, 3.63) is 40.6 Å². The third kappa shape index (κ3) is 4.83. The summed E-state index contributed by atoms with van der Waals surface area (Å²) in [4.78, 5) is 2.77. The van der Waals surface area contributed by atoms with E-state index in [1.807, 2.05) is 43.0 Å². The van der Waals surface area contributed by atoms with Crippen LogP contribution in [-0.2, 0) is 13.3 Å². The number of hydrogen-bond donors (Lipinski definition) is 0. The normalized spacial score (nSPS) is 16.2. The molecule has 1 aliphatic heterocycles. The van der Waals surface area contributed by atoms with Crippen LogP contribution in [0.4, 0.5) is 0 Å². The topological polar surface area (TPSA) is 43.4 Å². The summed E-state index contributed by atoms with van der Waals surface area (Å²) < 4.78 is 13.0. The van der Waals surface area contributed by atoms with Gasteiger partial charge in [0.15, 0.2) is 6.61 Å². The fraction of sp³-hybridized carbons (Fsp3) is 0.500. The zero-order valence-corrected chi connectivity index (χ0v) is 14.9. The van der Waals surface area contributed by atoms with Crippen molar-refractivity contribution in [3.8, 4) is 5.75 Å². The van der Waals surface area contributed by atoms with Gasteiger partial charge < -0.3 is 9.15 Å². The molecule has 0 amide bonds. The van der Waals surface area contributed by atoms with E-state index in [0.717, 1.165) is 30.2 Å². The van der Waals surface area contributed by atoms with E-state index in [1.165, 1.54) is 12.2 Å². The van der Waals surface area contributed by atoms with Gasteiger partial charge in [0.2, 0.25) is 0 Å². The summed E-state index contributed by atoms with van der Waals surface area (Å²) >= 11 is 7.28. The standard InChI is InChI=1S/C16H21N3O2S2/c1-13-4-2-5-14(10-13)20-11-15-17-19(16(22)21-15)12-18-6-3-8-23-9-7-18/h2,4-5,10H,3,6-9,11-12H2,1H3. The molecule has 0 atom stereocenters. The predicted octanol–water partition coefficient (Wildman–Crippen LogP) is 3.49. The smallest absolute Gasteiger partial charge is 0.288 e. The maximum atomic E-state index is 5.72. The van der Waals surface area contributed by atoms with Gasteiger partial charge in [-0.2, -0.15) is 11.8 Å². The van der Waals surface area contributed by atoms with Gasteiger partial charge in [-0.3, -0.25) is 4.90 Å². The highest BCUT2D eigenvalue weighted by molar-refractivity contribution is 7.99. The van der Waals surface area contributed by atoms with Gasteiger partial charge in [0.25, 0.3) is 10.7 Å². The minimum atomic E-state index is 0.288. The predicted molar refractivity (Wildman–Crippen MR) is 94.4 cm³/mol. The minimum Gasteiger partial charge on any atom is -0.484 e. The van der Waals surface area contributed by atoms with Crippen molar-refractivity contribution < 1.29 is 9.15 Å². The summed E-state index contributed by atoms with van der Waals surface area (Å²) in [6, 6.07) is 7.91. The van der Waals surface area contributed by atoms with E-state index in [2.05, 4.69) is 10.00 Å². The van der Waals surface area contributed by atoms with Crippen LogP contribution in [0.5, 0.6) is 5.75 Å². The maximum Gasteiger partial charge on any atom is 0.288 e. The molecule has 1 fully saturated rings. The number of nitrogens with zero attached hydrogens (tertiary/aromatic N) is 3. The van der Waals surface area contributed by atoms with Crippen molar-refractivity contribution in [2.24, 2.45) is 0 Å². The monoisotopic (exact) mass is 351 g/mol. The molecule has 0 unspecified atom stereocenters. The fourth-order valence-corrected chi connectivity index (χ4v) is 3.60. The van der Waals surface area contributed by atoms with Gasteiger partial charge in [0.05, 0.1) is 6.67 Å². The summed E-state index contributed by atoms with van der Waals surface area (Å²) in [6.07, 6.45) is 1.21. The van der Waals surface area contributed by atoms with E-state index in [9.17, 15) is 0 Å².